The summed E-state index contributed by atoms with van der Waals surface area (Å²) in [6.07, 6.45) is 3.81. The minimum atomic E-state index is 0. The highest BCUT2D eigenvalue weighted by molar-refractivity contribution is 14.0. The number of hydrogen-bond acceptors (Lipinski definition) is 4. The monoisotopic (exact) mass is 567 g/mol. The van der Waals surface area contributed by atoms with Crippen LogP contribution in [0, 0.1) is 6.92 Å². The standard InChI is InChI=1S/C23H30ClN7.HI/c1-3-25-23(26-11-6-8-22-28-27-21-7-4-5-12-31(21)22)30-15-13-29(14-16-30)20-17-19(24)10-9-18(20)2;/h4-5,7,9-10,12,17H,3,6,8,11,13-16H2,1-2H3,(H,25,26);1H. The Morgan fingerprint density at radius 2 is 1.94 bits per heavy atom. The number of pyridine rings is 1. The highest BCUT2D eigenvalue weighted by Gasteiger charge is 2.21. The molecule has 1 aromatic carbocycles. The highest BCUT2D eigenvalue weighted by Crippen LogP contribution is 2.25. The number of fused-ring (bicyclic) bond motifs is 1. The van der Waals surface area contributed by atoms with Gasteiger partial charge >= 0.3 is 0 Å². The molecule has 1 fully saturated rings. The molecule has 4 rings (SSSR count). The van der Waals surface area contributed by atoms with Gasteiger partial charge in [-0.25, -0.2) is 0 Å². The maximum atomic E-state index is 6.22. The van der Waals surface area contributed by atoms with Crippen LogP contribution in [-0.2, 0) is 6.42 Å². The first kappa shape index (κ1) is 24.6. The van der Waals surface area contributed by atoms with Gasteiger partial charge in [0.05, 0.1) is 0 Å². The van der Waals surface area contributed by atoms with E-state index >= 15 is 0 Å². The first-order valence-corrected chi connectivity index (χ1v) is 11.4. The molecule has 1 N–H and O–H groups in total. The zero-order valence-electron chi connectivity index (χ0n) is 18.7. The number of guanidine groups is 1. The minimum absolute atomic E-state index is 0. The van der Waals surface area contributed by atoms with E-state index in [0.717, 1.165) is 74.6 Å². The Morgan fingerprint density at radius 1 is 1.12 bits per heavy atom. The van der Waals surface area contributed by atoms with Gasteiger partial charge in [0.2, 0.25) is 0 Å². The number of aliphatic imine (C=N–C) groups is 1. The summed E-state index contributed by atoms with van der Waals surface area (Å²) in [6, 6.07) is 12.1. The van der Waals surface area contributed by atoms with Crippen LogP contribution in [0.3, 0.4) is 0 Å². The number of aryl methyl sites for hydroxylation is 2. The fraction of sp³-hybridized carbons (Fsp3) is 0.435. The molecule has 0 saturated carbocycles. The van der Waals surface area contributed by atoms with Crippen molar-refractivity contribution in [2.45, 2.75) is 26.7 Å². The lowest BCUT2D eigenvalue weighted by Crippen LogP contribution is -2.52. The summed E-state index contributed by atoms with van der Waals surface area (Å²) < 4.78 is 2.05. The molecule has 3 aromatic rings. The largest absolute Gasteiger partial charge is 0.368 e. The van der Waals surface area contributed by atoms with Crippen LogP contribution in [0.1, 0.15) is 24.7 Å². The van der Waals surface area contributed by atoms with Gasteiger partial charge in [0.1, 0.15) is 5.82 Å². The van der Waals surface area contributed by atoms with Crippen LogP contribution in [0.4, 0.5) is 5.69 Å². The fourth-order valence-corrected chi connectivity index (χ4v) is 4.16. The third-order valence-corrected chi connectivity index (χ3v) is 5.87. The molecule has 1 aliphatic rings. The van der Waals surface area contributed by atoms with Gasteiger partial charge in [-0.2, -0.15) is 0 Å². The second-order valence-electron chi connectivity index (χ2n) is 7.79. The molecule has 9 heteroatoms. The van der Waals surface area contributed by atoms with Crippen molar-refractivity contribution in [2.24, 2.45) is 4.99 Å². The molecule has 7 nitrogen and oxygen atoms in total. The molecule has 2 aromatic heterocycles. The van der Waals surface area contributed by atoms with Gasteiger partial charge in [-0.15, -0.1) is 34.2 Å². The predicted molar refractivity (Wildman–Crippen MR) is 143 cm³/mol. The van der Waals surface area contributed by atoms with Crippen molar-refractivity contribution in [2.75, 3.05) is 44.2 Å². The van der Waals surface area contributed by atoms with Crippen molar-refractivity contribution in [3.63, 3.8) is 0 Å². The Bertz CT molecular complexity index is 1040. The maximum Gasteiger partial charge on any atom is 0.194 e. The zero-order valence-corrected chi connectivity index (χ0v) is 21.8. The van der Waals surface area contributed by atoms with E-state index in [1.54, 1.807) is 0 Å². The second kappa shape index (κ2) is 11.7. The number of halogens is 2. The molecule has 172 valence electrons. The van der Waals surface area contributed by atoms with E-state index in [2.05, 4.69) is 51.3 Å². The molecule has 1 saturated heterocycles. The smallest absolute Gasteiger partial charge is 0.194 e. The van der Waals surface area contributed by atoms with E-state index in [1.807, 2.05) is 34.9 Å². The average molecular weight is 568 g/mol. The van der Waals surface area contributed by atoms with E-state index < -0.39 is 0 Å². The number of aromatic nitrogens is 3. The van der Waals surface area contributed by atoms with Gasteiger partial charge in [0.15, 0.2) is 11.6 Å². The number of hydrogen-bond donors (Lipinski definition) is 1. The molecular weight excluding hydrogens is 537 g/mol. The summed E-state index contributed by atoms with van der Waals surface area (Å²) in [7, 11) is 0. The Hall–Kier alpha value is -2.07. The number of benzene rings is 1. The number of anilines is 1. The summed E-state index contributed by atoms with van der Waals surface area (Å²) >= 11 is 6.22. The van der Waals surface area contributed by atoms with Crippen LogP contribution in [0.2, 0.25) is 5.02 Å². The van der Waals surface area contributed by atoms with E-state index in [4.69, 9.17) is 16.6 Å². The van der Waals surface area contributed by atoms with Crippen molar-refractivity contribution in [1.82, 2.24) is 24.8 Å². The van der Waals surface area contributed by atoms with Crippen molar-refractivity contribution >= 4 is 52.9 Å². The number of nitrogens with one attached hydrogen (secondary N) is 1. The molecule has 32 heavy (non-hydrogen) atoms. The zero-order chi connectivity index (χ0) is 21.6. The molecular formula is C23H31ClIN7. The topological polar surface area (TPSA) is 61.1 Å². The minimum Gasteiger partial charge on any atom is -0.368 e. The van der Waals surface area contributed by atoms with Gasteiger partial charge in [-0.3, -0.25) is 9.39 Å². The second-order valence-corrected chi connectivity index (χ2v) is 8.23. The average Bonchev–Trinajstić information content (AvgIpc) is 3.21. The SMILES string of the molecule is CCNC(=NCCCc1nnc2ccccn12)N1CCN(c2cc(Cl)ccc2C)CC1.I. The van der Waals surface area contributed by atoms with Crippen molar-refractivity contribution in [3.8, 4) is 0 Å². The first-order valence-electron chi connectivity index (χ1n) is 11.0. The highest BCUT2D eigenvalue weighted by atomic mass is 127. The fourth-order valence-electron chi connectivity index (χ4n) is 3.99. The van der Waals surface area contributed by atoms with Crippen LogP contribution in [0.5, 0.6) is 0 Å². The van der Waals surface area contributed by atoms with Crippen LogP contribution >= 0.6 is 35.6 Å². The van der Waals surface area contributed by atoms with Gasteiger partial charge in [0.25, 0.3) is 0 Å². The number of rotatable bonds is 6. The molecule has 1 aliphatic heterocycles. The Balaban J connectivity index is 0.00000289. The Kier molecular flexibility index (Phi) is 8.98. The Labute approximate surface area is 211 Å². The molecule has 0 aliphatic carbocycles. The lowest BCUT2D eigenvalue weighted by atomic mass is 10.1. The van der Waals surface area contributed by atoms with Crippen LogP contribution in [-0.4, -0.2) is 64.7 Å². The molecule has 0 bridgehead atoms. The summed E-state index contributed by atoms with van der Waals surface area (Å²) in [4.78, 5) is 9.65. The van der Waals surface area contributed by atoms with Crippen LogP contribution < -0.4 is 10.2 Å². The summed E-state index contributed by atoms with van der Waals surface area (Å²) in [6.45, 7) is 9.67. The van der Waals surface area contributed by atoms with E-state index in [1.165, 1.54) is 11.3 Å². The van der Waals surface area contributed by atoms with Gasteiger partial charge in [-0.05, 0) is 50.1 Å². The van der Waals surface area contributed by atoms with Gasteiger partial charge in [0, 0.05) is 62.6 Å². The molecule has 0 unspecified atom stereocenters. The summed E-state index contributed by atoms with van der Waals surface area (Å²) in [5.41, 5.74) is 3.39. The molecule has 0 radical (unpaired) electrons. The van der Waals surface area contributed by atoms with E-state index in [9.17, 15) is 0 Å². The maximum absolute atomic E-state index is 6.22. The van der Waals surface area contributed by atoms with E-state index in [0.29, 0.717) is 0 Å². The lowest BCUT2D eigenvalue weighted by Gasteiger charge is -2.38. The van der Waals surface area contributed by atoms with Crippen LogP contribution in [0.15, 0.2) is 47.6 Å². The third kappa shape index (κ3) is 5.83. The van der Waals surface area contributed by atoms with Gasteiger partial charge < -0.3 is 15.1 Å². The lowest BCUT2D eigenvalue weighted by molar-refractivity contribution is 0.372. The predicted octanol–water partition coefficient (Wildman–Crippen LogP) is 4.03. The molecule has 0 amide bonds. The van der Waals surface area contributed by atoms with Crippen molar-refractivity contribution < 1.29 is 0 Å². The number of piperazine rings is 1. The third-order valence-electron chi connectivity index (χ3n) is 5.63. The normalized spacial score (nSPS) is 14.5. The quantitative estimate of drug-likeness (QED) is 0.211. The Morgan fingerprint density at radius 3 is 2.72 bits per heavy atom. The molecule has 0 atom stereocenters. The van der Waals surface area contributed by atoms with Crippen molar-refractivity contribution in [1.29, 1.82) is 0 Å². The summed E-state index contributed by atoms with van der Waals surface area (Å²) in [5, 5.41) is 12.8. The summed E-state index contributed by atoms with van der Waals surface area (Å²) in [5.74, 6) is 1.98. The van der Waals surface area contributed by atoms with Crippen LogP contribution in [0.25, 0.3) is 5.65 Å². The van der Waals surface area contributed by atoms with Gasteiger partial charge in [-0.1, -0.05) is 23.7 Å². The van der Waals surface area contributed by atoms with Crippen molar-refractivity contribution in [3.05, 3.63) is 59.0 Å². The molecule has 3 heterocycles. The number of nitrogens with zero attached hydrogens (tertiary/aromatic N) is 6. The molecule has 0 spiro atoms. The van der Waals surface area contributed by atoms with E-state index in [-0.39, 0.29) is 24.0 Å². The first-order chi connectivity index (χ1) is 15.2.